The first-order valence-corrected chi connectivity index (χ1v) is 30.5. The Balaban J connectivity index is 3.47. The van der Waals surface area contributed by atoms with Crippen LogP contribution in [0.15, 0.2) is 12.2 Å². The fourth-order valence-electron chi connectivity index (χ4n) is 9.64. The minimum atomic E-state index is -0.857. The third kappa shape index (κ3) is 53.8. The second-order valence-electron chi connectivity index (χ2n) is 21.0. The molecule has 0 aromatic heterocycles. The highest BCUT2D eigenvalue weighted by molar-refractivity contribution is 5.76. The number of hydrogen-bond acceptors (Lipinski definition) is 5. The van der Waals surface area contributed by atoms with Crippen LogP contribution in [-0.2, 0) is 14.3 Å². The van der Waals surface area contributed by atoms with Crippen LogP contribution in [0.1, 0.15) is 341 Å². The van der Waals surface area contributed by atoms with Crippen LogP contribution >= 0.6 is 0 Å². The molecule has 0 aromatic carbocycles. The van der Waals surface area contributed by atoms with Gasteiger partial charge in [-0.1, -0.05) is 309 Å². The average Bonchev–Trinajstić information content (AvgIpc) is 3.33. The van der Waals surface area contributed by atoms with E-state index in [2.05, 4.69) is 19.2 Å². The van der Waals surface area contributed by atoms with E-state index < -0.39 is 12.1 Å². The fourth-order valence-corrected chi connectivity index (χ4v) is 9.64. The van der Waals surface area contributed by atoms with Gasteiger partial charge in [0.05, 0.1) is 25.4 Å². The van der Waals surface area contributed by atoms with Crippen molar-refractivity contribution < 1.29 is 24.5 Å². The van der Waals surface area contributed by atoms with Crippen LogP contribution in [0.4, 0.5) is 0 Å². The van der Waals surface area contributed by atoms with Crippen molar-refractivity contribution in [3.8, 4) is 0 Å². The van der Waals surface area contributed by atoms with Gasteiger partial charge in [0.1, 0.15) is 0 Å². The molecule has 67 heavy (non-hydrogen) atoms. The highest BCUT2D eigenvalue weighted by Crippen LogP contribution is 2.18. The summed E-state index contributed by atoms with van der Waals surface area (Å²) >= 11 is 0. The van der Waals surface area contributed by atoms with Crippen molar-refractivity contribution in [2.45, 2.75) is 353 Å². The van der Waals surface area contributed by atoms with E-state index in [4.69, 9.17) is 4.74 Å². The highest BCUT2D eigenvalue weighted by Gasteiger charge is 2.18. The van der Waals surface area contributed by atoms with Gasteiger partial charge in [0, 0.05) is 12.8 Å². The smallest absolute Gasteiger partial charge is 0.305 e. The Hall–Kier alpha value is -1.40. The first kappa shape index (κ1) is 65.6. The topological polar surface area (TPSA) is 95.9 Å². The Bertz CT molecular complexity index is 1000. The highest BCUT2D eigenvalue weighted by atomic mass is 16.5. The average molecular weight is 947 g/mol. The summed E-state index contributed by atoms with van der Waals surface area (Å²) < 4.78 is 5.48. The van der Waals surface area contributed by atoms with Crippen molar-refractivity contribution in [3.63, 3.8) is 0 Å². The minimum Gasteiger partial charge on any atom is -0.466 e. The number of hydrogen-bond donors (Lipinski definition) is 3. The van der Waals surface area contributed by atoms with Gasteiger partial charge in [-0.3, -0.25) is 9.59 Å². The Kier molecular flexibility index (Phi) is 56.0. The van der Waals surface area contributed by atoms with Crippen molar-refractivity contribution >= 4 is 11.9 Å². The largest absolute Gasteiger partial charge is 0.466 e. The Labute approximate surface area is 419 Å². The first-order valence-electron chi connectivity index (χ1n) is 30.5. The molecular formula is C61H119NO5. The van der Waals surface area contributed by atoms with E-state index in [-0.39, 0.29) is 18.5 Å². The van der Waals surface area contributed by atoms with Crippen molar-refractivity contribution in [2.75, 3.05) is 13.2 Å². The molecule has 0 radical (unpaired) electrons. The molecule has 0 spiro atoms. The van der Waals surface area contributed by atoms with E-state index in [0.717, 1.165) is 57.8 Å². The van der Waals surface area contributed by atoms with Gasteiger partial charge in [-0.15, -0.1) is 0 Å². The van der Waals surface area contributed by atoms with E-state index >= 15 is 0 Å². The second-order valence-corrected chi connectivity index (χ2v) is 21.0. The summed E-state index contributed by atoms with van der Waals surface area (Å²) in [5, 5.41) is 23.2. The minimum absolute atomic E-state index is 0.0103. The number of ether oxygens (including phenoxy) is 1. The fraction of sp³-hybridized carbons (Fsp3) is 0.934. The molecule has 6 heteroatoms. The van der Waals surface area contributed by atoms with Gasteiger partial charge in [-0.25, -0.2) is 0 Å². The van der Waals surface area contributed by atoms with Gasteiger partial charge in [-0.2, -0.15) is 0 Å². The normalized spacial score (nSPS) is 12.6. The number of carbonyl (C=O) groups excluding carboxylic acids is 2. The molecule has 2 atom stereocenters. The number of carbonyl (C=O) groups is 2. The number of rotatable bonds is 57. The molecule has 0 bridgehead atoms. The summed E-state index contributed by atoms with van der Waals surface area (Å²) in [6.07, 6.45) is 68.1. The predicted molar refractivity (Wildman–Crippen MR) is 292 cm³/mol. The number of amides is 1. The molecular weight excluding hydrogens is 827 g/mol. The zero-order valence-electron chi connectivity index (χ0n) is 45.4. The van der Waals surface area contributed by atoms with Crippen LogP contribution < -0.4 is 5.32 Å². The van der Waals surface area contributed by atoms with E-state index in [9.17, 15) is 19.8 Å². The summed E-state index contributed by atoms with van der Waals surface area (Å²) in [6.45, 7) is 4.90. The number of aliphatic hydroxyl groups excluding tert-OH is 2. The Morgan fingerprint density at radius 2 is 0.687 bits per heavy atom. The van der Waals surface area contributed by atoms with Crippen molar-refractivity contribution in [1.82, 2.24) is 5.32 Å². The van der Waals surface area contributed by atoms with Gasteiger partial charge in [0.15, 0.2) is 0 Å². The maximum absolute atomic E-state index is 12.5. The molecule has 2 unspecified atom stereocenters. The van der Waals surface area contributed by atoms with Crippen LogP contribution in [0.2, 0.25) is 0 Å². The summed E-state index contributed by atoms with van der Waals surface area (Å²) in [6, 6.07) is -0.642. The number of aliphatic hydroxyl groups is 2. The lowest BCUT2D eigenvalue weighted by Crippen LogP contribution is -2.45. The molecule has 0 aliphatic heterocycles. The zero-order chi connectivity index (χ0) is 48.6. The lowest BCUT2D eigenvalue weighted by Gasteiger charge is -2.20. The molecule has 0 fully saturated rings. The molecule has 0 aliphatic rings. The number of unbranched alkanes of at least 4 members (excludes halogenated alkanes) is 46. The molecule has 6 nitrogen and oxygen atoms in total. The third-order valence-corrected chi connectivity index (χ3v) is 14.3. The van der Waals surface area contributed by atoms with Gasteiger partial charge < -0.3 is 20.3 Å². The summed E-state index contributed by atoms with van der Waals surface area (Å²) in [7, 11) is 0. The molecule has 0 aromatic rings. The SMILES string of the molecule is CCCCCCCCCCCCCCCCCCCCCC/C=C/C(O)C(CO)NC(=O)CCCCCCCCCCCCCOC(=O)CCCCCCCCCCCCCCCCCCC. The lowest BCUT2D eigenvalue weighted by atomic mass is 10.0. The molecule has 0 rings (SSSR count). The molecule has 1 amide bonds. The standard InChI is InChI=1S/C61H119NO5/c1-3-5-7-9-11-13-15-17-19-21-22-23-24-25-27-28-30-33-37-41-45-49-53-59(64)58(57-63)62-60(65)54-50-46-42-38-34-32-36-40-44-48-52-56-67-61(66)55-51-47-43-39-35-31-29-26-20-18-16-14-12-10-8-6-4-2/h49,53,58-59,63-64H,3-48,50-52,54-57H2,1-2H3,(H,62,65)/b53-49+. The van der Waals surface area contributed by atoms with Crippen molar-refractivity contribution in [1.29, 1.82) is 0 Å². The van der Waals surface area contributed by atoms with Gasteiger partial charge >= 0.3 is 5.97 Å². The summed E-state index contributed by atoms with van der Waals surface area (Å²) in [4.78, 5) is 24.6. The van der Waals surface area contributed by atoms with Crippen LogP contribution in [0, 0.1) is 0 Å². The van der Waals surface area contributed by atoms with Crippen LogP contribution in [0.3, 0.4) is 0 Å². The molecule has 0 heterocycles. The number of allylic oxidation sites excluding steroid dienone is 1. The zero-order valence-corrected chi connectivity index (χ0v) is 45.4. The van der Waals surface area contributed by atoms with Gasteiger partial charge in [-0.05, 0) is 32.1 Å². The van der Waals surface area contributed by atoms with E-state index in [1.807, 2.05) is 6.08 Å². The molecule has 0 saturated heterocycles. The van der Waals surface area contributed by atoms with E-state index in [1.165, 1.54) is 257 Å². The maximum atomic E-state index is 12.5. The summed E-state index contributed by atoms with van der Waals surface area (Å²) in [5.41, 5.74) is 0. The first-order chi connectivity index (χ1) is 33.0. The Morgan fingerprint density at radius 3 is 1.01 bits per heavy atom. The van der Waals surface area contributed by atoms with E-state index in [1.54, 1.807) is 6.08 Å². The molecule has 3 N–H and O–H groups in total. The molecule has 398 valence electrons. The number of nitrogens with one attached hydrogen (secondary N) is 1. The third-order valence-electron chi connectivity index (χ3n) is 14.3. The van der Waals surface area contributed by atoms with Gasteiger partial charge in [0.2, 0.25) is 5.91 Å². The molecule has 0 saturated carbocycles. The van der Waals surface area contributed by atoms with Crippen LogP contribution in [-0.4, -0.2) is 47.4 Å². The monoisotopic (exact) mass is 946 g/mol. The summed E-state index contributed by atoms with van der Waals surface area (Å²) in [5.74, 6) is -0.0928. The predicted octanol–water partition coefficient (Wildman–Crippen LogP) is 18.9. The van der Waals surface area contributed by atoms with E-state index in [0.29, 0.717) is 19.4 Å². The second kappa shape index (κ2) is 57.2. The quantitative estimate of drug-likeness (QED) is 0.0321. The Morgan fingerprint density at radius 1 is 0.403 bits per heavy atom. The maximum Gasteiger partial charge on any atom is 0.305 e. The molecule has 0 aliphatic carbocycles. The van der Waals surface area contributed by atoms with Crippen LogP contribution in [0.25, 0.3) is 0 Å². The lowest BCUT2D eigenvalue weighted by molar-refractivity contribution is -0.143. The van der Waals surface area contributed by atoms with Crippen molar-refractivity contribution in [3.05, 3.63) is 12.2 Å². The van der Waals surface area contributed by atoms with Crippen molar-refractivity contribution in [2.24, 2.45) is 0 Å². The number of esters is 1. The van der Waals surface area contributed by atoms with Crippen LogP contribution in [0.5, 0.6) is 0 Å². The van der Waals surface area contributed by atoms with Gasteiger partial charge in [0.25, 0.3) is 0 Å².